The van der Waals surface area contributed by atoms with Gasteiger partial charge in [0.2, 0.25) is 0 Å². The van der Waals surface area contributed by atoms with Crippen LogP contribution in [0.1, 0.15) is 57.5 Å². The van der Waals surface area contributed by atoms with E-state index < -0.39 is 0 Å². The van der Waals surface area contributed by atoms with Crippen LogP contribution in [-0.2, 0) is 18.3 Å². The molecule has 0 saturated carbocycles. The molecular formula is C20H37N5O. The lowest BCUT2D eigenvalue weighted by Gasteiger charge is -2.40. The third kappa shape index (κ3) is 5.22. The van der Waals surface area contributed by atoms with Crippen molar-refractivity contribution in [3.63, 3.8) is 0 Å². The van der Waals surface area contributed by atoms with Gasteiger partial charge in [0.15, 0.2) is 5.96 Å². The molecule has 2 heterocycles. The molecule has 1 aromatic rings. The number of aromatic nitrogens is 2. The average molecular weight is 364 g/mol. The Morgan fingerprint density at radius 3 is 2.62 bits per heavy atom. The van der Waals surface area contributed by atoms with Crippen molar-refractivity contribution in [3.8, 4) is 0 Å². The van der Waals surface area contributed by atoms with Crippen molar-refractivity contribution < 1.29 is 4.74 Å². The number of guanidine groups is 1. The van der Waals surface area contributed by atoms with E-state index >= 15 is 0 Å². The molecule has 148 valence electrons. The molecule has 1 aliphatic heterocycles. The van der Waals surface area contributed by atoms with Crippen LogP contribution in [0.5, 0.6) is 0 Å². The fourth-order valence-corrected chi connectivity index (χ4v) is 3.78. The molecule has 0 aliphatic carbocycles. The first-order valence-corrected chi connectivity index (χ1v) is 9.86. The van der Waals surface area contributed by atoms with Crippen LogP contribution in [0.4, 0.5) is 0 Å². The van der Waals surface area contributed by atoms with E-state index in [1.807, 2.05) is 18.7 Å². The number of nitrogens with zero attached hydrogens (tertiary/aromatic N) is 3. The first-order valence-electron chi connectivity index (χ1n) is 9.86. The van der Waals surface area contributed by atoms with Gasteiger partial charge in [-0.15, -0.1) is 0 Å². The van der Waals surface area contributed by atoms with Crippen LogP contribution in [0.2, 0.25) is 0 Å². The van der Waals surface area contributed by atoms with Gasteiger partial charge in [0, 0.05) is 43.9 Å². The Balaban J connectivity index is 2.03. The van der Waals surface area contributed by atoms with Crippen molar-refractivity contribution in [1.82, 2.24) is 20.4 Å². The van der Waals surface area contributed by atoms with E-state index in [0.29, 0.717) is 12.5 Å². The van der Waals surface area contributed by atoms with Crippen molar-refractivity contribution in [2.24, 2.45) is 23.4 Å². The molecule has 2 rings (SSSR count). The van der Waals surface area contributed by atoms with Crippen molar-refractivity contribution in [2.45, 2.75) is 67.0 Å². The van der Waals surface area contributed by atoms with E-state index in [2.05, 4.69) is 50.4 Å². The van der Waals surface area contributed by atoms with E-state index in [4.69, 9.17) is 9.73 Å². The predicted octanol–water partition coefficient (Wildman–Crippen LogP) is 2.93. The van der Waals surface area contributed by atoms with Gasteiger partial charge in [-0.1, -0.05) is 20.8 Å². The molecule has 1 saturated heterocycles. The summed E-state index contributed by atoms with van der Waals surface area (Å²) in [6.45, 7) is 16.3. The van der Waals surface area contributed by atoms with Crippen molar-refractivity contribution >= 4 is 5.96 Å². The number of aliphatic imine (C=N–C) groups is 1. The molecule has 0 radical (unpaired) electrons. The maximum atomic E-state index is 6.10. The fraction of sp³-hybridized carbons (Fsp3) is 0.800. The largest absolute Gasteiger partial charge is 0.377 e. The zero-order valence-electron chi connectivity index (χ0n) is 17.6. The Hall–Kier alpha value is -1.56. The van der Waals surface area contributed by atoms with Crippen LogP contribution in [-0.4, -0.2) is 41.5 Å². The molecule has 2 unspecified atom stereocenters. The first kappa shape index (κ1) is 20.7. The quantitative estimate of drug-likeness (QED) is 0.624. The Morgan fingerprint density at radius 2 is 2.04 bits per heavy atom. The van der Waals surface area contributed by atoms with Crippen LogP contribution < -0.4 is 10.6 Å². The monoisotopic (exact) mass is 363 g/mol. The van der Waals surface area contributed by atoms with E-state index in [-0.39, 0.29) is 11.5 Å². The molecule has 1 aromatic heterocycles. The highest BCUT2D eigenvalue weighted by Gasteiger charge is 2.35. The van der Waals surface area contributed by atoms with Gasteiger partial charge in [-0.25, -0.2) is 4.99 Å². The van der Waals surface area contributed by atoms with Gasteiger partial charge < -0.3 is 15.4 Å². The maximum Gasteiger partial charge on any atom is 0.191 e. The number of aryl methyl sites for hydroxylation is 2. The summed E-state index contributed by atoms with van der Waals surface area (Å²) in [6.07, 6.45) is 2.63. The zero-order valence-corrected chi connectivity index (χ0v) is 17.6. The van der Waals surface area contributed by atoms with E-state index in [1.54, 1.807) is 0 Å². The number of hydrogen-bond acceptors (Lipinski definition) is 3. The van der Waals surface area contributed by atoms with Crippen molar-refractivity contribution in [3.05, 3.63) is 17.0 Å². The summed E-state index contributed by atoms with van der Waals surface area (Å²) in [7, 11) is 1.98. The molecule has 26 heavy (non-hydrogen) atoms. The Kier molecular flexibility index (Phi) is 7.09. The summed E-state index contributed by atoms with van der Waals surface area (Å²) in [4.78, 5) is 4.79. The van der Waals surface area contributed by atoms with Gasteiger partial charge in [0.1, 0.15) is 0 Å². The normalized spacial score (nSPS) is 21.7. The lowest BCUT2D eigenvalue weighted by atomic mass is 9.78. The molecule has 6 nitrogen and oxygen atoms in total. The number of hydrogen-bond donors (Lipinski definition) is 2. The van der Waals surface area contributed by atoms with Gasteiger partial charge in [0.05, 0.1) is 18.3 Å². The second kappa shape index (κ2) is 8.89. The summed E-state index contributed by atoms with van der Waals surface area (Å²) in [5.41, 5.74) is 3.60. The Morgan fingerprint density at radius 1 is 1.31 bits per heavy atom. The molecule has 2 atom stereocenters. The van der Waals surface area contributed by atoms with Crippen LogP contribution in [0.3, 0.4) is 0 Å². The molecule has 1 aliphatic rings. The average Bonchev–Trinajstić information content (AvgIpc) is 2.82. The van der Waals surface area contributed by atoms with Crippen LogP contribution in [0.15, 0.2) is 4.99 Å². The van der Waals surface area contributed by atoms with Gasteiger partial charge >= 0.3 is 0 Å². The molecule has 0 aromatic carbocycles. The Bertz CT molecular complexity index is 614. The highest BCUT2D eigenvalue weighted by atomic mass is 16.5. The minimum Gasteiger partial charge on any atom is -0.377 e. The van der Waals surface area contributed by atoms with Crippen LogP contribution in [0, 0.1) is 25.2 Å². The maximum absolute atomic E-state index is 6.10. The fourth-order valence-electron chi connectivity index (χ4n) is 3.78. The second-order valence-electron chi connectivity index (χ2n) is 8.41. The minimum atomic E-state index is 0.159. The summed E-state index contributed by atoms with van der Waals surface area (Å²) < 4.78 is 8.02. The third-order valence-electron chi connectivity index (χ3n) is 5.23. The molecular weight excluding hydrogens is 326 g/mol. The van der Waals surface area contributed by atoms with E-state index in [1.165, 1.54) is 17.7 Å². The standard InChI is InChI=1S/C20H37N5O/c1-8-21-19(23-13-17-14(2)24-25(7)15(17)3)22-12-16-10-9-11-26-18(16)20(4,5)6/h16,18H,8-13H2,1-7H3,(H2,21,22,23). The first-order chi connectivity index (χ1) is 12.2. The summed E-state index contributed by atoms with van der Waals surface area (Å²) in [5, 5.41) is 11.4. The highest BCUT2D eigenvalue weighted by Crippen LogP contribution is 2.33. The number of nitrogens with one attached hydrogen (secondary N) is 2. The smallest absolute Gasteiger partial charge is 0.191 e. The zero-order chi connectivity index (χ0) is 19.3. The Labute approximate surface area is 158 Å². The lowest BCUT2D eigenvalue weighted by molar-refractivity contribution is -0.0835. The molecule has 2 N–H and O–H groups in total. The predicted molar refractivity (Wildman–Crippen MR) is 107 cm³/mol. The summed E-state index contributed by atoms with van der Waals surface area (Å²) in [6, 6.07) is 0. The SMILES string of the molecule is CCNC(=NCc1c(C)nn(C)c1C)NCC1CCCOC1C(C)(C)C. The number of rotatable bonds is 5. The third-order valence-corrected chi connectivity index (χ3v) is 5.23. The molecule has 0 bridgehead atoms. The van der Waals surface area contributed by atoms with Gasteiger partial charge in [0.25, 0.3) is 0 Å². The molecule has 0 amide bonds. The minimum absolute atomic E-state index is 0.159. The highest BCUT2D eigenvalue weighted by molar-refractivity contribution is 5.79. The van der Waals surface area contributed by atoms with E-state index in [9.17, 15) is 0 Å². The molecule has 1 fully saturated rings. The summed E-state index contributed by atoms with van der Waals surface area (Å²) in [5.74, 6) is 1.38. The molecule has 0 spiro atoms. The van der Waals surface area contributed by atoms with E-state index in [0.717, 1.165) is 37.8 Å². The second-order valence-corrected chi connectivity index (χ2v) is 8.41. The van der Waals surface area contributed by atoms with Crippen LogP contribution in [0.25, 0.3) is 0 Å². The van der Waals surface area contributed by atoms with Crippen LogP contribution >= 0.6 is 0 Å². The lowest BCUT2D eigenvalue weighted by Crippen LogP contribution is -2.47. The van der Waals surface area contributed by atoms with Crippen molar-refractivity contribution in [1.29, 1.82) is 0 Å². The topological polar surface area (TPSA) is 63.5 Å². The van der Waals surface area contributed by atoms with Gasteiger partial charge in [-0.2, -0.15) is 5.10 Å². The van der Waals surface area contributed by atoms with Gasteiger partial charge in [-0.05, 0) is 39.0 Å². The molecule has 6 heteroatoms. The van der Waals surface area contributed by atoms with Crippen molar-refractivity contribution in [2.75, 3.05) is 19.7 Å². The summed E-state index contributed by atoms with van der Waals surface area (Å²) >= 11 is 0. The van der Waals surface area contributed by atoms with Gasteiger partial charge in [-0.3, -0.25) is 4.68 Å². The number of ether oxygens (including phenoxy) is 1.